The first-order chi connectivity index (χ1) is 10.3. The summed E-state index contributed by atoms with van der Waals surface area (Å²) >= 11 is 0. The Labute approximate surface area is 131 Å². The van der Waals surface area contributed by atoms with Gasteiger partial charge in [-0.3, -0.25) is 4.79 Å². The fourth-order valence-corrected chi connectivity index (χ4v) is 2.68. The van der Waals surface area contributed by atoms with Crippen molar-refractivity contribution in [1.29, 1.82) is 0 Å². The molecule has 1 aliphatic rings. The van der Waals surface area contributed by atoms with Gasteiger partial charge in [-0.2, -0.15) is 4.98 Å². The Bertz CT molecular complexity index is 589. The summed E-state index contributed by atoms with van der Waals surface area (Å²) in [7, 11) is 2.08. The van der Waals surface area contributed by atoms with E-state index in [1.165, 1.54) is 12.8 Å². The van der Waals surface area contributed by atoms with Gasteiger partial charge in [0.2, 0.25) is 0 Å². The molecule has 0 unspecified atom stereocenters. The Morgan fingerprint density at radius 2 is 2.18 bits per heavy atom. The van der Waals surface area contributed by atoms with Crippen LogP contribution in [0, 0.1) is 0 Å². The lowest BCUT2D eigenvalue weighted by Crippen LogP contribution is -2.44. The van der Waals surface area contributed by atoms with Crippen LogP contribution in [0.5, 0.6) is 0 Å². The molecular weight excluding hydrogens is 280 g/mol. The minimum Gasteiger partial charge on any atom is -0.349 e. The van der Waals surface area contributed by atoms with Gasteiger partial charge >= 0.3 is 5.69 Å². The summed E-state index contributed by atoms with van der Waals surface area (Å²) in [5.41, 5.74) is 0.188. The maximum Gasteiger partial charge on any atom is 0.345 e. The van der Waals surface area contributed by atoms with E-state index in [-0.39, 0.29) is 17.0 Å². The maximum atomic E-state index is 12.3. The van der Waals surface area contributed by atoms with Crippen LogP contribution in [-0.2, 0) is 5.41 Å². The number of hydrogen-bond donors (Lipinski definition) is 2. The van der Waals surface area contributed by atoms with Gasteiger partial charge in [-0.25, -0.2) is 4.79 Å². The van der Waals surface area contributed by atoms with Gasteiger partial charge in [0.05, 0.1) is 0 Å². The third-order valence-electron chi connectivity index (χ3n) is 4.21. The van der Waals surface area contributed by atoms with Gasteiger partial charge in [0.1, 0.15) is 5.69 Å². The number of piperidine rings is 1. The molecule has 1 aliphatic heterocycles. The maximum absolute atomic E-state index is 12.3. The van der Waals surface area contributed by atoms with Crippen molar-refractivity contribution in [3.63, 3.8) is 0 Å². The van der Waals surface area contributed by atoms with Crippen LogP contribution in [0.25, 0.3) is 0 Å². The number of hydrogen-bond acceptors (Lipinski definition) is 4. The highest BCUT2D eigenvalue weighted by Gasteiger charge is 2.21. The number of carbonyl (C=O) groups is 1. The molecule has 1 amide bonds. The second-order valence-electron chi connectivity index (χ2n) is 7.08. The summed E-state index contributed by atoms with van der Waals surface area (Å²) in [5.74, 6) is -0.282. The monoisotopic (exact) mass is 306 g/mol. The molecule has 1 atom stereocenters. The molecule has 0 spiro atoms. The molecule has 1 aromatic rings. The smallest absolute Gasteiger partial charge is 0.345 e. The lowest BCUT2D eigenvalue weighted by Gasteiger charge is -2.32. The second kappa shape index (κ2) is 6.60. The van der Waals surface area contributed by atoms with E-state index < -0.39 is 5.69 Å². The van der Waals surface area contributed by atoms with Crippen LogP contribution >= 0.6 is 0 Å². The summed E-state index contributed by atoms with van der Waals surface area (Å²) < 4.78 is 0. The summed E-state index contributed by atoms with van der Waals surface area (Å²) in [5, 5.41) is 2.91. The zero-order valence-electron chi connectivity index (χ0n) is 13.9. The normalized spacial score (nSPS) is 19.9. The summed E-state index contributed by atoms with van der Waals surface area (Å²) in [6, 6.07) is 2.03. The molecule has 0 aromatic carbocycles. The Balaban J connectivity index is 2.06. The number of nitrogens with zero attached hydrogens (tertiary/aromatic N) is 2. The van der Waals surface area contributed by atoms with Crippen molar-refractivity contribution in [3.8, 4) is 0 Å². The van der Waals surface area contributed by atoms with E-state index >= 15 is 0 Å². The van der Waals surface area contributed by atoms with Crippen molar-refractivity contribution in [2.75, 3.05) is 20.1 Å². The fraction of sp³-hybridized carbons (Fsp3) is 0.688. The van der Waals surface area contributed by atoms with E-state index in [4.69, 9.17) is 0 Å². The van der Waals surface area contributed by atoms with Crippen molar-refractivity contribution in [2.24, 2.45) is 0 Å². The number of likely N-dealkylation sites (tertiary alicyclic amines) is 1. The van der Waals surface area contributed by atoms with Gasteiger partial charge in [0.25, 0.3) is 5.91 Å². The van der Waals surface area contributed by atoms with Gasteiger partial charge in [0.15, 0.2) is 0 Å². The molecule has 0 saturated carbocycles. The number of likely N-dealkylation sites (N-methyl/N-ethyl adjacent to an activating group) is 1. The number of nitrogens with one attached hydrogen (secondary N) is 2. The number of carbonyl (C=O) groups excluding carboxylic acids is 1. The van der Waals surface area contributed by atoms with Crippen molar-refractivity contribution < 1.29 is 4.79 Å². The highest BCUT2D eigenvalue weighted by Crippen LogP contribution is 2.19. The zero-order chi connectivity index (χ0) is 16.3. The second-order valence-corrected chi connectivity index (χ2v) is 7.08. The number of aromatic nitrogens is 2. The van der Waals surface area contributed by atoms with E-state index in [0.29, 0.717) is 18.3 Å². The Hall–Kier alpha value is -1.69. The number of rotatable bonds is 3. The predicted octanol–water partition coefficient (Wildman–Crippen LogP) is 1.28. The molecular formula is C16H26N4O2. The highest BCUT2D eigenvalue weighted by atomic mass is 16.2. The lowest BCUT2D eigenvalue weighted by atomic mass is 9.91. The molecule has 0 aliphatic carbocycles. The van der Waals surface area contributed by atoms with Crippen LogP contribution in [0.1, 0.15) is 56.2 Å². The first kappa shape index (κ1) is 16.7. The molecule has 0 bridgehead atoms. The van der Waals surface area contributed by atoms with Crippen LogP contribution < -0.4 is 11.0 Å². The van der Waals surface area contributed by atoms with E-state index in [9.17, 15) is 9.59 Å². The molecule has 122 valence electrons. The minimum atomic E-state index is -0.479. The number of aromatic amines is 1. The van der Waals surface area contributed by atoms with Crippen molar-refractivity contribution in [1.82, 2.24) is 20.2 Å². The molecule has 2 rings (SSSR count). The molecule has 2 N–H and O–H groups in total. The van der Waals surface area contributed by atoms with E-state index in [2.05, 4.69) is 27.2 Å². The zero-order valence-corrected chi connectivity index (χ0v) is 13.9. The largest absolute Gasteiger partial charge is 0.349 e. The summed E-state index contributed by atoms with van der Waals surface area (Å²) in [4.78, 5) is 32.7. The molecule has 0 radical (unpaired) electrons. The molecule has 6 nitrogen and oxygen atoms in total. The van der Waals surface area contributed by atoms with Crippen molar-refractivity contribution >= 4 is 5.91 Å². The van der Waals surface area contributed by atoms with Crippen molar-refractivity contribution in [2.45, 2.75) is 51.5 Å². The number of H-pyrrole nitrogens is 1. The first-order valence-corrected chi connectivity index (χ1v) is 7.87. The van der Waals surface area contributed by atoms with Crippen LogP contribution in [-0.4, -0.2) is 47.0 Å². The molecule has 6 heteroatoms. The first-order valence-electron chi connectivity index (χ1n) is 7.87. The summed E-state index contributed by atoms with van der Waals surface area (Å²) in [6.07, 6.45) is 3.50. The van der Waals surface area contributed by atoms with Gasteiger partial charge in [-0.05, 0) is 32.5 Å². The van der Waals surface area contributed by atoms with Gasteiger partial charge in [-0.15, -0.1) is 0 Å². The lowest BCUT2D eigenvalue weighted by molar-refractivity contribution is 0.0923. The standard InChI is InChI=1S/C16H26N4O2/c1-16(2,3)13-9-12(18-15(22)19-13)14(21)17-10-11-7-5-6-8-20(11)4/h9,11H,5-8,10H2,1-4H3,(H,17,21)(H,18,19,22)/t11-/m1/s1. The molecule has 1 saturated heterocycles. The topological polar surface area (TPSA) is 78.1 Å². The molecule has 1 aromatic heterocycles. The van der Waals surface area contributed by atoms with Crippen LogP contribution in [0.2, 0.25) is 0 Å². The third kappa shape index (κ3) is 4.16. The van der Waals surface area contributed by atoms with E-state index in [1.807, 2.05) is 20.8 Å². The van der Waals surface area contributed by atoms with Crippen LogP contribution in [0.4, 0.5) is 0 Å². The van der Waals surface area contributed by atoms with E-state index in [1.54, 1.807) is 6.07 Å². The summed E-state index contributed by atoms with van der Waals surface area (Å²) in [6.45, 7) is 7.61. The van der Waals surface area contributed by atoms with Crippen molar-refractivity contribution in [3.05, 3.63) is 27.9 Å². The molecule has 22 heavy (non-hydrogen) atoms. The Morgan fingerprint density at radius 1 is 1.45 bits per heavy atom. The van der Waals surface area contributed by atoms with Crippen LogP contribution in [0.15, 0.2) is 10.9 Å². The SMILES string of the molecule is CN1CCCC[C@@H]1CNC(=O)c1cc(C(C)(C)C)[nH]c(=O)n1. The fourth-order valence-electron chi connectivity index (χ4n) is 2.68. The predicted molar refractivity (Wildman–Crippen MR) is 86.2 cm³/mol. The number of amides is 1. The average Bonchev–Trinajstić information content (AvgIpc) is 2.44. The van der Waals surface area contributed by atoms with E-state index in [0.717, 1.165) is 13.0 Å². The minimum absolute atomic E-state index is 0.187. The van der Waals surface area contributed by atoms with Gasteiger partial charge < -0.3 is 15.2 Å². The van der Waals surface area contributed by atoms with Crippen LogP contribution in [0.3, 0.4) is 0 Å². The highest BCUT2D eigenvalue weighted by molar-refractivity contribution is 5.92. The average molecular weight is 306 g/mol. The quantitative estimate of drug-likeness (QED) is 0.882. The Morgan fingerprint density at radius 3 is 2.82 bits per heavy atom. The Kier molecular flexibility index (Phi) is 5.01. The molecule has 2 heterocycles. The third-order valence-corrected chi connectivity index (χ3v) is 4.21. The van der Waals surface area contributed by atoms with Gasteiger partial charge in [-0.1, -0.05) is 27.2 Å². The van der Waals surface area contributed by atoms with Gasteiger partial charge in [0, 0.05) is 23.7 Å². The molecule has 1 fully saturated rings.